The molecule has 0 aliphatic carbocycles. The van der Waals surface area contributed by atoms with Crippen molar-refractivity contribution < 1.29 is 19.4 Å². The monoisotopic (exact) mass is 369 g/mol. The number of rotatable bonds is 3. The molecule has 0 unspecified atom stereocenters. The van der Waals surface area contributed by atoms with Gasteiger partial charge in [-0.1, -0.05) is 0 Å². The smallest absolute Gasteiger partial charge is 0.419 e. The number of methoxy groups -OCH3 is 1. The Morgan fingerprint density at radius 1 is 1.36 bits per heavy atom. The second-order valence-corrected chi connectivity index (χ2v) is 6.84. The van der Waals surface area contributed by atoms with Crippen LogP contribution in [0.4, 0.5) is 4.79 Å². The van der Waals surface area contributed by atoms with E-state index in [4.69, 9.17) is 9.47 Å². The SMILES string of the molecule is COc1cc2c(CCO)cn(C(=O)OC(C)(C)C)c2cc1Br. The maximum absolute atomic E-state index is 12.4. The zero-order valence-corrected chi connectivity index (χ0v) is 14.7. The second kappa shape index (κ2) is 6.30. The Bertz CT molecular complexity index is 700. The van der Waals surface area contributed by atoms with E-state index in [1.54, 1.807) is 13.3 Å². The lowest BCUT2D eigenvalue weighted by molar-refractivity contribution is 0.0544. The molecule has 0 atom stereocenters. The first-order valence-electron chi connectivity index (χ1n) is 6.98. The molecule has 0 saturated heterocycles. The zero-order valence-electron chi connectivity index (χ0n) is 13.1. The normalized spacial score (nSPS) is 11.7. The van der Waals surface area contributed by atoms with Crippen molar-refractivity contribution in [2.75, 3.05) is 13.7 Å². The minimum Gasteiger partial charge on any atom is -0.496 e. The number of aliphatic hydroxyl groups excluding tert-OH is 1. The molecule has 0 radical (unpaired) electrons. The summed E-state index contributed by atoms with van der Waals surface area (Å²) in [5, 5.41) is 10.1. The summed E-state index contributed by atoms with van der Waals surface area (Å²) in [6.45, 7) is 5.48. The third-order valence-electron chi connectivity index (χ3n) is 3.13. The summed E-state index contributed by atoms with van der Waals surface area (Å²) in [7, 11) is 1.59. The van der Waals surface area contributed by atoms with Gasteiger partial charge in [0.05, 0.1) is 17.1 Å². The van der Waals surface area contributed by atoms with Crippen LogP contribution in [-0.2, 0) is 11.2 Å². The number of fused-ring (bicyclic) bond motifs is 1. The summed E-state index contributed by atoms with van der Waals surface area (Å²) in [6, 6.07) is 3.67. The number of carbonyl (C=O) groups excluding carboxylic acids is 1. The van der Waals surface area contributed by atoms with E-state index in [0.29, 0.717) is 17.7 Å². The van der Waals surface area contributed by atoms with E-state index in [1.807, 2.05) is 32.9 Å². The summed E-state index contributed by atoms with van der Waals surface area (Å²) in [5.41, 5.74) is 1.01. The molecule has 6 heteroatoms. The Morgan fingerprint density at radius 3 is 2.59 bits per heavy atom. The van der Waals surface area contributed by atoms with Crippen LogP contribution in [0.15, 0.2) is 22.8 Å². The molecule has 0 fully saturated rings. The van der Waals surface area contributed by atoms with Crippen LogP contribution >= 0.6 is 15.9 Å². The number of hydrogen-bond acceptors (Lipinski definition) is 4. The standard InChI is InChI=1S/C16H20BrNO4/c1-16(2,3)22-15(20)18-9-10(5-6-19)11-7-14(21-4)12(17)8-13(11)18/h7-9,19H,5-6H2,1-4H3. The van der Waals surface area contributed by atoms with Crippen LogP contribution < -0.4 is 4.74 Å². The van der Waals surface area contributed by atoms with Gasteiger partial charge in [-0.25, -0.2) is 4.79 Å². The highest BCUT2D eigenvalue weighted by Gasteiger charge is 2.21. The summed E-state index contributed by atoms with van der Waals surface area (Å²) < 4.78 is 13.0. The van der Waals surface area contributed by atoms with Crippen molar-refractivity contribution in [1.82, 2.24) is 4.57 Å². The number of carbonyl (C=O) groups is 1. The average molecular weight is 370 g/mol. The molecule has 0 spiro atoms. The number of aromatic nitrogens is 1. The highest BCUT2D eigenvalue weighted by molar-refractivity contribution is 9.10. The van der Waals surface area contributed by atoms with Gasteiger partial charge in [-0.3, -0.25) is 4.57 Å². The molecule has 2 rings (SSSR count). The van der Waals surface area contributed by atoms with E-state index in [2.05, 4.69) is 15.9 Å². The minimum absolute atomic E-state index is 0.00577. The minimum atomic E-state index is -0.575. The predicted octanol–water partition coefficient (Wildman–Crippen LogP) is 3.73. The van der Waals surface area contributed by atoms with Crippen LogP contribution in [0.25, 0.3) is 10.9 Å². The first kappa shape index (κ1) is 16.8. The molecule has 0 bridgehead atoms. The maximum Gasteiger partial charge on any atom is 0.419 e. The lowest BCUT2D eigenvalue weighted by atomic mass is 10.1. The van der Waals surface area contributed by atoms with Gasteiger partial charge in [-0.05, 0) is 60.8 Å². The third-order valence-corrected chi connectivity index (χ3v) is 3.75. The van der Waals surface area contributed by atoms with E-state index in [1.165, 1.54) is 4.57 Å². The van der Waals surface area contributed by atoms with Crippen molar-refractivity contribution in [3.8, 4) is 5.75 Å². The number of hydrogen-bond donors (Lipinski definition) is 1. The van der Waals surface area contributed by atoms with Gasteiger partial charge in [0.1, 0.15) is 11.4 Å². The Balaban J connectivity index is 2.59. The van der Waals surface area contributed by atoms with Crippen molar-refractivity contribution in [3.63, 3.8) is 0 Å². The molecule has 22 heavy (non-hydrogen) atoms. The van der Waals surface area contributed by atoms with E-state index in [0.717, 1.165) is 15.4 Å². The molecule has 120 valence electrons. The van der Waals surface area contributed by atoms with Gasteiger partial charge >= 0.3 is 6.09 Å². The summed E-state index contributed by atoms with van der Waals surface area (Å²) in [5.74, 6) is 0.675. The number of halogens is 1. The first-order valence-corrected chi connectivity index (χ1v) is 7.78. The molecular formula is C16H20BrNO4. The van der Waals surface area contributed by atoms with E-state index < -0.39 is 11.7 Å². The summed E-state index contributed by atoms with van der Waals surface area (Å²) in [4.78, 5) is 12.4. The van der Waals surface area contributed by atoms with Gasteiger partial charge in [0.15, 0.2) is 0 Å². The van der Waals surface area contributed by atoms with Crippen LogP contribution in [0.3, 0.4) is 0 Å². The van der Waals surface area contributed by atoms with E-state index >= 15 is 0 Å². The van der Waals surface area contributed by atoms with Gasteiger partial charge in [0.25, 0.3) is 0 Å². The van der Waals surface area contributed by atoms with Gasteiger partial charge in [0.2, 0.25) is 0 Å². The van der Waals surface area contributed by atoms with Crippen LogP contribution in [0.5, 0.6) is 5.75 Å². The molecule has 0 aliphatic rings. The van der Waals surface area contributed by atoms with Gasteiger partial charge in [0, 0.05) is 18.2 Å². The molecule has 1 aromatic carbocycles. The van der Waals surface area contributed by atoms with Crippen LogP contribution in [0.2, 0.25) is 0 Å². The number of nitrogens with zero attached hydrogens (tertiary/aromatic N) is 1. The maximum atomic E-state index is 12.4. The molecule has 1 aromatic heterocycles. The van der Waals surface area contributed by atoms with Gasteiger partial charge in [-0.2, -0.15) is 0 Å². The Hall–Kier alpha value is -1.53. The van der Waals surface area contributed by atoms with Crippen LogP contribution in [-0.4, -0.2) is 35.1 Å². The lowest BCUT2D eigenvalue weighted by Crippen LogP contribution is -2.26. The van der Waals surface area contributed by atoms with Crippen molar-refractivity contribution >= 4 is 32.9 Å². The Kier molecular flexibility index (Phi) is 4.82. The highest BCUT2D eigenvalue weighted by atomic mass is 79.9. The molecular weight excluding hydrogens is 350 g/mol. The third kappa shape index (κ3) is 3.44. The summed E-state index contributed by atoms with van der Waals surface area (Å²) >= 11 is 3.43. The largest absolute Gasteiger partial charge is 0.496 e. The number of aliphatic hydroxyl groups is 1. The van der Waals surface area contributed by atoms with Gasteiger partial charge < -0.3 is 14.6 Å². The zero-order chi connectivity index (χ0) is 16.5. The Morgan fingerprint density at radius 2 is 2.05 bits per heavy atom. The van der Waals surface area contributed by atoms with Gasteiger partial charge in [-0.15, -0.1) is 0 Å². The molecule has 5 nitrogen and oxygen atoms in total. The number of ether oxygens (including phenoxy) is 2. The fourth-order valence-corrected chi connectivity index (χ4v) is 2.73. The lowest BCUT2D eigenvalue weighted by Gasteiger charge is -2.19. The predicted molar refractivity (Wildman–Crippen MR) is 88.6 cm³/mol. The molecule has 2 aromatic rings. The van der Waals surface area contributed by atoms with Crippen molar-refractivity contribution in [2.45, 2.75) is 32.8 Å². The molecule has 0 aliphatic heterocycles. The molecule has 0 saturated carbocycles. The average Bonchev–Trinajstić information content (AvgIpc) is 2.74. The van der Waals surface area contributed by atoms with E-state index in [-0.39, 0.29) is 6.61 Å². The fourth-order valence-electron chi connectivity index (χ4n) is 2.23. The fraction of sp³-hybridized carbons (Fsp3) is 0.438. The Labute approximate surface area is 138 Å². The topological polar surface area (TPSA) is 60.7 Å². The molecule has 1 N–H and O–H groups in total. The van der Waals surface area contributed by atoms with Crippen LogP contribution in [0, 0.1) is 0 Å². The molecule has 1 heterocycles. The second-order valence-electron chi connectivity index (χ2n) is 5.98. The van der Waals surface area contributed by atoms with Crippen LogP contribution in [0.1, 0.15) is 26.3 Å². The van der Waals surface area contributed by atoms with Crippen molar-refractivity contribution in [2.24, 2.45) is 0 Å². The van der Waals surface area contributed by atoms with Crippen molar-refractivity contribution in [1.29, 1.82) is 0 Å². The van der Waals surface area contributed by atoms with E-state index in [9.17, 15) is 9.90 Å². The van der Waals surface area contributed by atoms with Crippen molar-refractivity contribution in [3.05, 3.63) is 28.4 Å². The highest BCUT2D eigenvalue weighted by Crippen LogP contribution is 2.33. The first-order chi connectivity index (χ1) is 10.3. The number of benzene rings is 1. The summed E-state index contributed by atoms with van der Waals surface area (Å²) in [6.07, 6.45) is 1.72. The molecule has 0 amide bonds. The quantitative estimate of drug-likeness (QED) is 0.895.